The number of hydrogen-bond donors (Lipinski definition) is 1. The SMILES string of the molecule is CC(C)(C)c1csc2nc(-c3ccc(F)cc3)c(N)n12. The van der Waals surface area contributed by atoms with Crippen LogP contribution in [0.5, 0.6) is 0 Å². The van der Waals surface area contributed by atoms with Crippen molar-refractivity contribution in [3.8, 4) is 11.3 Å². The molecule has 0 saturated carbocycles. The molecule has 0 atom stereocenters. The normalized spacial score (nSPS) is 12.2. The summed E-state index contributed by atoms with van der Waals surface area (Å²) in [5.41, 5.74) is 8.94. The Hall–Kier alpha value is -1.88. The van der Waals surface area contributed by atoms with Crippen LogP contribution in [0.4, 0.5) is 10.2 Å². The van der Waals surface area contributed by atoms with E-state index in [-0.39, 0.29) is 11.2 Å². The van der Waals surface area contributed by atoms with Crippen molar-refractivity contribution in [2.24, 2.45) is 0 Å². The highest BCUT2D eigenvalue weighted by molar-refractivity contribution is 7.15. The lowest BCUT2D eigenvalue weighted by Gasteiger charge is -2.17. The molecule has 104 valence electrons. The monoisotopic (exact) mass is 289 g/mol. The number of thiazole rings is 1. The minimum absolute atomic E-state index is 0.00681. The second kappa shape index (κ2) is 4.31. The lowest BCUT2D eigenvalue weighted by Crippen LogP contribution is -2.14. The summed E-state index contributed by atoms with van der Waals surface area (Å²) in [5.74, 6) is 0.349. The molecule has 2 N–H and O–H groups in total. The van der Waals surface area contributed by atoms with Crippen LogP contribution in [-0.2, 0) is 5.41 Å². The van der Waals surface area contributed by atoms with Crippen LogP contribution in [0.15, 0.2) is 29.6 Å². The Labute approximate surface area is 120 Å². The number of benzene rings is 1. The third-order valence-electron chi connectivity index (χ3n) is 3.29. The summed E-state index contributed by atoms with van der Waals surface area (Å²) in [4.78, 5) is 5.45. The molecule has 0 bridgehead atoms. The van der Waals surface area contributed by atoms with E-state index in [1.165, 1.54) is 12.1 Å². The predicted molar refractivity (Wildman–Crippen MR) is 81.6 cm³/mol. The minimum Gasteiger partial charge on any atom is -0.383 e. The van der Waals surface area contributed by atoms with E-state index in [2.05, 4.69) is 31.1 Å². The first-order chi connectivity index (χ1) is 9.38. The number of imidazole rings is 1. The summed E-state index contributed by atoms with van der Waals surface area (Å²) in [7, 11) is 0. The number of hydrogen-bond acceptors (Lipinski definition) is 3. The summed E-state index contributed by atoms with van der Waals surface area (Å²) < 4.78 is 15.0. The summed E-state index contributed by atoms with van der Waals surface area (Å²) >= 11 is 1.57. The van der Waals surface area contributed by atoms with E-state index in [1.54, 1.807) is 23.5 Å². The van der Waals surface area contributed by atoms with Gasteiger partial charge in [0.15, 0.2) is 4.96 Å². The van der Waals surface area contributed by atoms with Gasteiger partial charge in [0.2, 0.25) is 0 Å². The van der Waals surface area contributed by atoms with Gasteiger partial charge in [-0.3, -0.25) is 4.40 Å². The molecule has 3 aromatic rings. The molecule has 3 rings (SSSR count). The van der Waals surface area contributed by atoms with E-state index in [4.69, 9.17) is 5.73 Å². The van der Waals surface area contributed by atoms with Crippen LogP contribution in [0, 0.1) is 5.82 Å². The molecule has 1 aromatic carbocycles. The maximum atomic E-state index is 13.0. The zero-order valence-electron chi connectivity index (χ0n) is 11.6. The Morgan fingerprint density at radius 1 is 1.20 bits per heavy atom. The zero-order valence-corrected chi connectivity index (χ0v) is 12.5. The Balaban J connectivity index is 2.22. The third kappa shape index (κ3) is 1.98. The van der Waals surface area contributed by atoms with Gasteiger partial charge in [0, 0.05) is 22.1 Å². The van der Waals surface area contributed by atoms with Crippen molar-refractivity contribution >= 4 is 22.1 Å². The molecule has 2 heterocycles. The van der Waals surface area contributed by atoms with Crippen LogP contribution < -0.4 is 5.73 Å². The fourth-order valence-corrected chi connectivity index (χ4v) is 3.34. The summed E-state index contributed by atoms with van der Waals surface area (Å²) in [5, 5.41) is 2.09. The van der Waals surface area contributed by atoms with E-state index in [9.17, 15) is 4.39 Å². The van der Waals surface area contributed by atoms with Crippen LogP contribution >= 0.6 is 11.3 Å². The largest absolute Gasteiger partial charge is 0.383 e. The second-order valence-electron chi connectivity index (χ2n) is 5.84. The first kappa shape index (κ1) is 13.1. The predicted octanol–water partition coefficient (Wildman–Crippen LogP) is 4.08. The highest BCUT2D eigenvalue weighted by atomic mass is 32.1. The Morgan fingerprint density at radius 2 is 1.85 bits per heavy atom. The summed E-state index contributed by atoms with van der Waals surface area (Å²) in [6.07, 6.45) is 0. The lowest BCUT2D eigenvalue weighted by molar-refractivity contribution is 0.566. The Kier molecular flexibility index (Phi) is 2.83. The van der Waals surface area contributed by atoms with E-state index >= 15 is 0 Å². The molecule has 0 aliphatic carbocycles. The van der Waals surface area contributed by atoms with Crippen molar-refractivity contribution in [2.45, 2.75) is 26.2 Å². The van der Waals surface area contributed by atoms with Gasteiger partial charge in [0.1, 0.15) is 17.3 Å². The average Bonchev–Trinajstić information content (AvgIpc) is 2.91. The van der Waals surface area contributed by atoms with Gasteiger partial charge in [0.25, 0.3) is 0 Å². The van der Waals surface area contributed by atoms with Crippen LogP contribution in [0.1, 0.15) is 26.5 Å². The standard InChI is InChI=1S/C15H16FN3S/c1-15(2,3)11-8-20-14-18-12(13(17)19(11)14)9-4-6-10(16)7-5-9/h4-8H,17H2,1-3H3. The number of nitrogens with two attached hydrogens (primary N) is 1. The number of fused-ring (bicyclic) bond motifs is 1. The van der Waals surface area contributed by atoms with E-state index < -0.39 is 0 Å². The number of nitrogen functional groups attached to an aromatic ring is 1. The van der Waals surface area contributed by atoms with Gasteiger partial charge >= 0.3 is 0 Å². The first-order valence-corrected chi connectivity index (χ1v) is 7.28. The summed E-state index contributed by atoms with van der Waals surface area (Å²) in [6.45, 7) is 6.43. The maximum absolute atomic E-state index is 13.0. The van der Waals surface area contributed by atoms with Crippen molar-refractivity contribution in [1.29, 1.82) is 0 Å². The van der Waals surface area contributed by atoms with Crippen LogP contribution in [0.2, 0.25) is 0 Å². The highest BCUT2D eigenvalue weighted by Gasteiger charge is 2.23. The molecule has 0 radical (unpaired) electrons. The van der Waals surface area contributed by atoms with Gasteiger partial charge in [-0.25, -0.2) is 9.37 Å². The molecule has 0 amide bonds. The van der Waals surface area contributed by atoms with Crippen molar-refractivity contribution in [1.82, 2.24) is 9.38 Å². The lowest BCUT2D eigenvalue weighted by atomic mass is 9.93. The molecular weight excluding hydrogens is 273 g/mol. The molecule has 0 unspecified atom stereocenters. The van der Waals surface area contributed by atoms with Crippen LogP contribution in [0.3, 0.4) is 0 Å². The van der Waals surface area contributed by atoms with Gasteiger partial charge in [-0.2, -0.15) is 0 Å². The quantitative estimate of drug-likeness (QED) is 0.733. The molecule has 0 aliphatic heterocycles. The van der Waals surface area contributed by atoms with Crippen molar-refractivity contribution in [3.63, 3.8) is 0 Å². The van der Waals surface area contributed by atoms with Gasteiger partial charge in [-0.1, -0.05) is 20.8 Å². The molecule has 5 heteroatoms. The van der Waals surface area contributed by atoms with Crippen molar-refractivity contribution in [2.75, 3.05) is 5.73 Å². The molecule has 0 spiro atoms. The molecule has 3 nitrogen and oxygen atoms in total. The van der Waals surface area contributed by atoms with Gasteiger partial charge < -0.3 is 5.73 Å². The molecule has 0 fully saturated rings. The van der Waals surface area contributed by atoms with Crippen molar-refractivity contribution in [3.05, 3.63) is 41.2 Å². The first-order valence-electron chi connectivity index (χ1n) is 6.40. The second-order valence-corrected chi connectivity index (χ2v) is 6.68. The van der Waals surface area contributed by atoms with Crippen LogP contribution in [0.25, 0.3) is 16.2 Å². The Morgan fingerprint density at radius 3 is 2.45 bits per heavy atom. The smallest absolute Gasteiger partial charge is 0.196 e. The van der Waals surface area contributed by atoms with Gasteiger partial charge in [0.05, 0.1) is 0 Å². The fraction of sp³-hybridized carbons (Fsp3) is 0.267. The number of nitrogens with zero attached hydrogens (tertiary/aromatic N) is 2. The highest BCUT2D eigenvalue weighted by Crippen LogP contribution is 2.34. The maximum Gasteiger partial charge on any atom is 0.196 e. The molecular formula is C15H16FN3S. The zero-order chi connectivity index (χ0) is 14.5. The number of rotatable bonds is 1. The van der Waals surface area contributed by atoms with E-state index in [0.717, 1.165) is 16.2 Å². The third-order valence-corrected chi connectivity index (χ3v) is 4.11. The van der Waals surface area contributed by atoms with Crippen LogP contribution in [-0.4, -0.2) is 9.38 Å². The molecule has 20 heavy (non-hydrogen) atoms. The topological polar surface area (TPSA) is 43.3 Å². The fourth-order valence-electron chi connectivity index (χ4n) is 2.22. The molecule has 0 aliphatic rings. The van der Waals surface area contributed by atoms with Gasteiger partial charge in [-0.05, 0) is 24.3 Å². The minimum atomic E-state index is -0.260. The van der Waals surface area contributed by atoms with Gasteiger partial charge in [-0.15, -0.1) is 11.3 Å². The van der Waals surface area contributed by atoms with E-state index in [1.807, 2.05) is 4.40 Å². The Bertz CT molecular complexity index is 763. The number of halogens is 1. The van der Waals surface area contributed by atoms with Crippen molar-refractivity contribution < 1.29 is 4.39 Å². The van der Waals surface area contributed by atoms with E-state index in [0.29, 0.717) is 11.5 Å². The number of aromatic nitrogens is 2. The summed E-state index contributed by atoms with van der Waals surface area (Å²) in [6, 6.07) is 6.25. The average molecular weight is 289 g/mol. The number of anilines is 1. The molecule has 2 aromatic heterocycles. The molecule has 0 saturated heterocycles.